The molecule has 5 rings (SSSR count). The molecule has 6 nitrogen and oxygen atoms in total. The standard InChI is InChI=1S/C23H30N4O2S/c1-2-16-9-11-23(12-10-16)21(28)27(22(29)25-23)15-26-13-5-6-17(14-26)20-24-18-7-3-4-8-19(18)30-20/h3-4,7-8,16-17H,2,5-6,9-15H2,1H3,(H,25,29). The van der Waals surface area contributed by atoms with E-state index in [1.54, 1.807) is 11.3 Å². The van der Waals surface area contributed by atoms with E-state index in [2.05, 4.69) is 35.3 Å². The summed E-state index contributed by atoms with van der Waals surface area (Å²) in [7, 11) is 0. The molecule has 7 heteroatoms. The first-order valence-corrected chi connectivity index (χ1v) is 12.1. The molecule has 1 saturated carbocycles. The van der Waals surface area contributed by atoms with Gasteiger partial charge < -0.3 is 5.32 Å². The van der Waals surface area contributed by atoms with Gasteiger partial charge in [0.15, 0.2) is 0 Å². The van der Waals surface area contributed by atoms with Crippen LogP contribution in [-0.2, 0) is 4.79 Å². The van der Waals surface area contributed by atoms with Gasteiger partial charge in [0.05, 0.1) is 21.9 Å². The number of imide groups is 1. The Balaban J connectivity index is 1.26. The molecule has 1 unspecified atom stereocenters. The Morgan fingerprint density at radius 2 is 2.00 bits per heavy atom. The molecule has 0 radical (unpaired) electrons. The Bertz CT molecular complexity index is 917. The van der Waals surface area contributed by atoms with Crippen LogP contribution < -0.4 is 5.32 Å². The zero-order chi connectivity index (χ0) is 20.7. The number of urea groups is 1. The van der Waals surface area contributed by atoms with Crippen LogP contribution in [0.4, 0.5) is 4.79 Å². The van der Waals surface area contributed by atoms with Crippen LogP contribution in [0.25, 0.3) is 10.2 Å². The minimum absolute atomic E-state index is 0.0100. The number of amides is 3. The van der Waals surface area contributed by atoms with Crippen molar-refractivity contribution in [3.8, 4) is 0 Å². The Labute approximate surface area is 181 Å². The lowest BCUT2D eigenvalue weighted by molar-refractivity contribution is -0.134. The van der Waals surface area contributed by atoms with Crippen LogP contribution in [0, 0.1) is 5.92 Å². The molecular weight excluding hydrogens is 396 g/mol. The number of nitrogens with one attached hydrogen (secondary N) is 1. The molecule has 1 spiro atoms. The van der Waals surface area contributed by atoms with Crippen molar-refractivity contribution in [1.82, 2.24) is 20.1 Å². The zero-order valence-electron chi connectivity index (χ0n) is 17.6. The number of rotatable bonds is 4. The van der Waals surface area contributed by atoms with Gasteiger partial charge in [0.25, 0.3) is 5.91 Å². The van der Waals surface area contributed by atoms with Crippen molar-refractivity contribution < 1.29 is 9.59 Å². The molecule has 2 aliphatic heterocycles. The number of para-hydroxylation sites is 1. The molecule has 1 aliphatic carbocycles. The van der Waals surface area contributed by atoms with Gasteiger partial charge in [-0.05, 0) is 63.1 Å². The average Bonchev–Trinajstić information content (AvgIpc) is 3.30. The average molecular weight is 427 g/mol. The van der Waals surface area contributed by atoms with Crippen molar-refractivity contribution in [3.63, 3.8) is 0 Å². The third kappa shape index (κ3) is 3.52. The minimum Gasteiger partial charge on any atom is -0.323 e. The molecule has 160 valence electrons. The first-order chi connectivity index (χ1) is 14.6. The fourth-order valence-corrected chi connectivity index (χ4v) is 6.47. The molecule has 30 heavy (non-hydrogen) atoms. The number of carbonyl (C=O) groups excluding carboxylic acids is 2. The normalized spacial score (nSPS) is 30.4. The fourth-order valence-electron chi connectivity index (χ4n) is 5.37. The number of hydrogen-bond acceptors (Lipinski definition) is 5. The van der Waals surface area contributed by atoms with Crippen molar-refractivity contribution in [2.45, 2.75) is 63.3 Å². The molecule has 0 bridgehead atoms. The summed E-state index contributed by atoms with van der Waals surface area (Å²) in [4.78, 5) is 34.5. The van der Waals surface area contributed by atoms with Crippen molar-refractivity contribution in [2.24, 2.45) is 5.92 Å². The van der Waals surface area contributed by atoms with Gasteiger partial charge in [-0.2, -0.15) is 0 Å². The molecular formula is C23H30N4O2S. The van der Waals surface area contributed by atoms with Crippen LogP contribution in [0.5, 0.6) is 0 Å². The first kappa shape index (κ1) is 19.9. The number of nitrogens with zero attached hydrogens (tertiary/aromatic N) is 3. The molecule has 3 heterocycles. The zero-order valence-corrected chi connectivity index (χ0v) is 18.4. The fraction of sp³-hybridized carbons (Fsp3) is 0.609. The Hall–Kier alpha value is -1.99. The van der Waals surface area contributed by atoms with Gasteiger partial charge in [-0.25, -0.2) is 14.7 Å². The summed E-state index contributed by atoms with van der Waals surface area (Å²) in [5, 5.41) is 4.24. The molecule has 1 aromatic carbocycles. The van der Waals surface area contributed by atoms with Gasteiger partial charge in [-0.15, -0.1) is 11.3 Å². The monoisotopic (exact) mass is 426 g/mol. The van der Waals surface area contributed by atoms with Gasteiger partial charge in [-0.1, -0.05) is 25.5 Å². The lowest BCUT2D eigenvalue weighted by Crippen LogP contribution is -2.50. The summed E-state index contributed by atoms with van der Waals surface area (Å²) >= 11 is 1.77. The van der Waals surface area contributed by atoms with E-state index < -0.39 is 5.54 Å². The number of benzene rings is 1. The Morgan fingerprint density at radius 3 is 2.77 bits per heavy atom. The van der Waals surface area contributed by atoms with Crippen LogP contribution >= 0.6 is 11.3 Å². The SMILES string of the molecule is CCC1CCC2(CC1)NC(=O)N(CN1CCCC(c3nc4ccccc4s3)C1)C2=O. The second kappa shape index (κ2) is 7.93. The molecule has 1 N–H and O–H groups in total. The third-order valence-corrected chi connectivity index (χ3v) is 8.49. The molecule has 3 fully saturated rings. The highest BCUT2D eigenvalue weighted by Gasteiger charge is 2.52. The van der Waals surface area contributed by atoms with Crippen molar-refractivity contribution in [2.75, 3.05) is 19.8 Å². The summed E-state index contributed by atoms with van der Waals surface area (Å²) in [6, 6.07) is 8.06. The summed E-state index contributed by atoms with van der Waals surface area (Å²) in [5.74, 6) is 1.04. The van der Waals surface area contributed by atoms with Gasteiger partial charge in [-0.3, -0.25) is 9.69 Å². The Kier molecular flexibility index (Phi) is 5.27. The predicted octanol–water partition coefficient (Wildman–Crippen LogP) is 4.32. The highest BCUT2D eigenvalue weighted by atomic mass is 32.1. The Morgan fingerprint density at radius 1 is 1.20 bits per heavy atom. The highest BCUT2D eigenvalue weighted by molar-refractivity contribution is 7.18. The minimum atomic E-state index is -0.648. The van der Waals surface area contributed by atoms with E-state index in [0.29, 0.717) is 18.5 Å². The van der Waals surface area contributed by atoms with Crippen LogP contribution in [0.2, 0.25) is 0 Å². The topological polar surface area (TPSA) is 65.5 Å². The quantitative estimate of drug-likeness (QED) is 0.740. The third-order valence-electron chi connectivity index (χ3n) is 7.29. The van der Waals surface area contributed by atoms with Gasteiger partial charge >= 0.3 is 6.03 Å². The van der Waals surface area contributed by atoms with Crippen LogP contribution in [0.15, 0.2) is 24.3 Å². The van der Waals surface area contributed by atoms with Crippen molar-refractivity contribution in [1.29, 1.82) is 0 Å². The number of piperidine rings is 1. The lowest BCUT2D eigenvalue weighted by atomic mass is 9.75. The number of aromatic nitrogens is 1. The predicted molar refractivity (Wildman–Crippen MR) is 118 cm³/mol. The maximum Gasteiger partial charge on any atom is 0.326 e. The molecule has 2 aromatic rings. The molecule has 1 aromatic heterocycles. The number of thiazole rings is 1. The van der Waals surface area contributed by atoms with E-state index in [0.717, 1.165) is 63.6 Å². The van der Waals surface area contributed by atoms with Crippen LogP contribution in [0.3, 0.4) is 0 Å². The van der Waals surface area contributed by atoms with Gasteiger partial charge in [0.2, 0.25) is 0 Å². The van der Waals surface area contributed by atoms with E-state index in [4.69, 9.17) is 4.98 Å². The van der Waals surface area contributed by atoms with Gasteiger partial charge in [0, 0.05) is 12.5 Å². The van der Waals surface area contributed by atoms with Gasteiger partial charge in [0.1, 0.15) is 5.54 Å². The van der Waals surface area contributed by atoms with E-state index in [9.17, 15) is 9.59 Å². The second-order valence-corrected chi connectivity index (χ2v) is 10.2. The summed E-state index contributed by atoms with van der Waals surface area (Å²) < 4.78 is 1.23. The smallest absolute Gasteiger partial charge is 0.323 e. The number of fused-ring (bicyclic) bond motifs is 1. The van der Waals surface area contributed by atoms with E-state index in [1.165, 1.54) is 14.6 Å². The van der Waals surface area contributed by atoms with E-state index in [1.807, 2.05) is 6.07 Å². The first-order valence-electron chi connectivity index (χ1n) is 11.3. The van der Waals surface area contributed by atoms with Crippen molar-refractivity contribution >= 4 is 33.5 Å². The maximum absolute atomic E-state index is 13.2. The molecule has 3 aliphatic rings. The highest BCUT2D eigenvalue weighted by Crippen LogP contribution is 2.38. The summed E-state index contributed by atoms with van der Waals surface area (Å²) in [6.45, 7) is 4.37. The lowest BCUT2D eigenvalue weighted by Gasteiger charge is -2.36. The van der Waals surface area contributed by atoms with E-state index in [-0.39, 0.29) is 11.9 Å². The number of hydrogen-bond donors (Lipinski definition) is 1. The van der Waals surface area contributed by atoms with Crippen LogP contribution in [-0.4, -0.2) is 52.0 Å². The number of carbonyl (C=O) groups is 2. The van der Waals surface area contributed by atoms with Crippen molar-refractivity contribution in [3.05, 3.63) is 29.3 Å². The maximum atomic E-state index is 13.2. The molecule has 2 saturated heterocycles. The summed E-state index contributed by atoms with van der Waals surface area (Å²) in [6.07, 6.45) is 6.94. The van der Waals surface area contributed by atoms with E-state index >= 15 is 0 Å². The number of likely N-dealkylation sites (tertiary alicyclic amines) is 1. The largest absolute Gasteiger partial charge is 0.326 e. The molecule has 1 atom stereocenters. The molecule has 3 amide bonds. The van der Waals surface area contributed by atoms with Crippen LogP contribution in [0.1, 0.15) is 62.8 Å². The second-order valence-electron chi connectivity index (χ2n) is 9.17. The summed E-state index contributed by atoms with van der Waals surface area (Å²) in [5.41, 5.74) is 0.415.